The van der Waals surface area contributed by atoms with Crippen LogP contribution in [0.3, 0.4) is 0 Å². The molecule has 3 aromatic rings. The lowest BCUT2D eigenvalue weighted by atomic mass is 10.2. The summed E-state index contributed by atoms with van der Waals surface area (Å²) in [4.78, 5) is 15.4. The van der Waals surface area contributed by atoms with Crippen molar-refractivity contribution in [1.29, 1.82) is 5.26 Å². The van der Waals surface area contributed by atoms with Crippen molar-refractivity contribution in [3.8, 4) is 11.8 Å². The van der Waals surface area contributed by atoms with Gasteiger partial charge in [-0.1, -0.05) is 12.1 Å². The van der Waals surface area contributed by atoms with Crippen LogP contribution in [0.15, 0.2) is 52.1 Å². The van der Waals surface area contributed by atoms with Gasteiger partial charge in [-0.3, -0.25) is 4.40 Å². The second-order valence-electron chi connectivity index (χ2n) is 7.17. The number of aromatic nitrogens is 2. The van der Waals surface area contributed by atoms with E-state index in [9.17, 15) is 23.6 Å². The number of nitrogens with zero attached hydrogens (tertiary/aromatic N) is 4. The van der Waals surface area contributed by atoms with E-state index in [0.29, 0.717) is 28.6 Å². The molecule has 0 unspecified atom stereocenters. The van der Waals surface area contributed by atoms with Crippen LogP contribution in [0.2, 0.25) is 0 Å². The fraction of sp³-hybridized carbons (Fsp3) is 0.250. The lowest BCUT2D eigenvalue weighted by Crippen LogP contribution is -2.40. The van der Waals surface area contributed by atoms with Crippen LogP contribution in [0.4, 0.5) is 0 Å². The van der Waals surface area contributed by atoms with E-state index in [1.54, 1.807) is 24.3 Å². The summed E-state index contributed by atoms with van der Waals surface area (Å²) in [6.07, 6.45) is 3.23. The van der Waals surface area contributed by atoms with Crippen LogP contribution in [-0.4, -0.2) is 45.8 Å². The minimum atomic E-state index is -4.15. The van der Waals surface area contributed by atoms with Gasteiger partial charge >= 0.3 is 5.97 Å². The van der Waals surface area contributed by atoms with Gasteiger partial charge < -0.3 is 9.84 Å². The number of ether oxygens (including phenoxy) is 1. The van der Waals surface area contributed by atoms with Gasteiger partial charge in [0.05, 0.1) is 23.8 Å². The number of halogens is 1. The number of nitriles is 1. The number of methoxy groups -OCH3 is 1. The second kappa shape index (κ2) is 7.64. The molecule has 1 fully saturated rings. The maximum absolute atomic E-state index is 13.7. The summed E-state index contributed by atoms with van der Waals surface area (Å²) in [6.45, 7) is -0.00867. The third kappa shape index (κ3) is 3.67. The average Bonchev–Trinajstić information content (AvgIpc) is 3.42. The first-order valence-electron chi connectivity index (χ1n) is 9.19. The molecule has 1 N–H and O–H groups in total. The molecule has 1 saturated carbocycles. The van der Waals surface area contributed by atoms with E-state index in [2.05, 4.69) is 27.0 Å². The Morgan fingerprint density at radius 1 is 1.39 bits per heavy atom. The van der Waals surface area contributed by atoms with E-state index in [4.69, 9.17) is 4.74 Å². The Labute approximate surface area is 186 Å². The maximum atomic E-state index is 13.7. The van der Waals surface area contributed by atoms with E-state index in [1.165, 1.54) is 28.1 Å². The third-order valence-electron chi connectivity index (χ3n) is 5.24. The quantitative estimate of drug-likeness (QED) is 0.523. The number of hydrogen-bond acceptors (Lipinski definition) is 6. The van der Waals surface area contributed by atoms with E-state index >= 15 is 0 Å². The molecule has 0 saturated heterocycles. The Bertz CT molecular complexity index is 1320. The molecule has 31 heavy (non-hydrogen) atoms. The van der Waals surface area contributed by atoms with Gasteiger partial charge in [0.2, 0.25) is 10.0 Å². The molecule has 160 valence electrons. The van der Waals surface area contributed by atoms with Gasteiger partial charge in [-0.2, -0.15) is 9.57 Å². The Balaban J connectivity index is 1.82. The number of fused-ring (bicyclic) bond motifs is 1. The van der Waals surface area contributed by atoms with E-state index in [0.717, 1.165) is 6.20 Å². The lowest BCUT2D eigenvalue weighted by Gasteiger charge is -2.27. The Morgan fingerprint density at radius 2 is 2.06 bits per heavy atom. The van der Waals surface area contributed by atoms with Gasteiger partial charge in [0.1, 0.15) is 16.2 Å². The van der Waals surface area contributed by atoms with Crippen LogP contribution in [0.1, 0.15) is 28.9 Å². The molecule has 2 aromatic heterocycles. The Morgan fingerprint density at radius 3 is 2.61 bits per heavy atom. The van der Waals surface area contributed by atoms with Crippen molar-refractivity contribution < 1.29 is 23.1 Å². The van der Waals surface area contributed by atoms with E-state index < -0.39 is 21.5 Å². The minimum absolute atomic E-state index is 0.00867. The number of carbonyl (C=O) groups is 1. The van der Waals surface area contributed by atoms with Crippen LogP contribution >= 0.6 is 15.9 Å². The number of benzene rings is 1. The molecule has 0 bridgehead atoms. The molecule has 1 aliphatic rings. The van der Waals surface area contributed by atoms with Crippen molar-refractivity contribution in [3.05, 3.63) is 58.5 Å². The molecule has 0 amide bonds. The highest BCUT2D eigenvalue weighted by Gasteiger charge is 2.54. The van der Waals surface area contributed by atoms with Crippen LogP contribution in [0.25, 0.3) is 5.65 Å². The van der Waals surface area contributed by atoms with Crippen molar-refractivity contribution in [2.24, 2.45) is 0 Å². The van der Waals surface area contributed by atoms with Crippen molar-refractivity contribution >= 4 is 37.6 Å². The Hall–Kier alpha value is -2.94. The largest absolute Gasteiger partial charge is 0.497 e. The van der Waals surface area contributed by atoms with Crippen LogP contribution < -0.4 is 4.74 Å². The molecule has 1 aliphatic carbocycles. The molecule has 0 atom stereocenters. The van der Waals surface area contributed by atoms with Gasteiger partial charge in [-0.05, 0) is 52.5 Å². The highest BCUT2D eigenvalue weighted by molar-refractivity contribution is 9.10. The summed E-state index contributed by atoms with van der Waals surface area (Å²) in [5.41, 5.74) is -0.333. The lowest BCUT2D eigenvalue weighted by molar-refractivity contribution is 0.0689. The fourth-order valence-corrected chi connectivity index (χ4v) is 5.80. The second-order valence-corrected chi connectivity index (χ2v) is 9.89. The normalized spacial score (nSPS) is 15.0. The molecule has 0 aliphatic heterocycles. The number of sulfonamides is 1. The standard InChI is InChI=1S/C20H17BrN4O5S/c1-30-14-4-2-13(3-5-14)10-25(20(12-22)6-7-20)31(28,29)15-8-16(21)18-23-9-17(19(26)27)24(18)11-15/h2-5,8-9,11H,6-7,10H2,1H3,(H,26,27). The summed E-state index contributed by atoms with van der Waals surface area (Å²) in [5, 5.41) is 19.1. The first-order chi connectivity index (χ1) is 14.7. The molecule has 4 rings (SSSR count). The van der Waals surface area contributed by atoms with E-state index in [-0.39, 0.29) is 22.8 Å². The number of hydrogen-bond donors (Lipinski definition) is 1. The number of aromatic carboxylic acids is 1. The summed E-state index contributed by atoms with van der Waals surface area (Å²) in [7, 11) is -2.61. The molecular formula is C20H17BrN4O5S. The minimum Gasteiger partial charge on any atom is -0.497 e. The van der Waals surface area contributed by atoms with Crippen LogP contribution in [0.5, 0.6) is 5.75 Å². The number of pyridine rings is 1. The zero-order valence-electron chi connectivity index (χ0n) is 16.3. The van der Waals surface area contributed by atoms with Crippen molar-refractivity contribution in [1.82, 2.24) is 13.7 Å². The first-order valence-corrected chi connectivity index (χ1v) is 11.4. The number of carboxylic acids is 1. The average molecular weight is 505 g/mol. The number of rotatable bonds is 7. The summed E-state index contributed by atoms with van der Waals surface area (Å²) < 4.78 is 35.2. The molecule has 11 heteroatoms. The van der Waals surface area contributed by atoms with E-state index in [1.807, 2.05) is 0 Å². The Kier molecular flexibility index (Phi) is 5.25. The zero-order valence-corrected chi connectivity index (χ0v) is 18.7. The SMILES string of the molecule is COc1ccc(CN(C2(C#N)CC2)S(=O)(=O)c2cc(Br)c3ncc(C(=O)O)n3c2)cc1. The number of imidazole rings is 1. The van der Waals surface area contributed by atoms with Crippen LogP contribution in [0, 0.1) is 11.3 Å². The molecule has 0 spiro atoms. The third-order valence-corrected chi connectivity index (χ3v) is 7.70. The van der Waals surface area contributed by atoms with Crippen molar-refractivity contribution in [2.75, 3.05) is 7.11 Å². The molecule has 1 aromatic carbocycles. The predicted molar refractivity (Wildman–Crippen MR) is 113 cm³/mol. The summed E-state index contributed by atoms with van der Waals surface area (Å²) >= 11 is 3.28. The fourth-order valence-electron chi connectivity index (χ4n) is 3.35. The highest BCUT2D eigenvalue weighted by atomic mass is 79.9. The van der Waals surface area contributed by atoms with Gasteiger partial charge in [0.15, 0.2) is 11.3 Å². The molecule has 9 nitrogen and oxygen atoms in total. The highest BCUT2D eigenvalue weighted by Crippen LogP contribution is 2.45. The van der Waals surface area contributed by atoms with Gasteiger partial charge in [0.25, 0.3) is 0 Å². The summed E-state index contributed by atoms with van der Waals surface area (Å²) in [5.74, 6) is -0.602. The first kappa shape index (κ1) is 21.3. The predicted octanol–water partition coefficient (Wildman–Crippen LogP) is 3.05. The molecular weight excluding hydrogens is 488 g/mol. The summed E-state index contributed by atoms with van der Waals surface area (Å²) in [6, 6.07) is 10.4. The van der Waals surface area contributed by atoms with Gasteiger partial charge in [-0.15, -0.1) is 0 Å². The maximum Gasteiger partial charge on any atom is 0.354 e. The monoisotopic (exact) mass is 504 g/mol. The zero-order chi connectivity index (χ0) is 22.4. The molecule has 0 radical (unpaired) electrons. The van der Waals surface area contributed by atoms with Crippen molar-refractivity contribution in [2.45, 2.75) is 29.8 Å². The smallest absolute Gasteiger partial charge is 0.354 e. The molecule has 2 heterocycles. The van der Waals surface area contributed by atoms with Gasteiger partial charge in [0, 0.05) is 12.7 Å². The topological polar surface area (TPSA) is 125 Å². The van der Waals surface area contributed by atoms with Crippen molar-refractivity contribution in [3.63, 3.8) is 0 Å². The number of carboxylic acid groups (broad SMARTS) is 1. The van der Waals surface area contributed by atoms with Gasteiger partial charge in [-0.25, -0.2) is 18.2 Å². The van der Waals surface area contributed by atoms with Crippen LogP contribution in [-0.2, 0) is 16.6 Å².